The summed E-state index contributed by atoms with van der Waals surface area (Å²) < 4.78 is 15.9. The summed E-state index contributed by atoms with van der Waals surface area (Å²) in [7, 11) is 0. The van der Waals surface area contributed by atoms with Gasteiger partial charge in [0.1, 0.15) is 16.5 Å². The van der Waals surface area contributed by atoms with Gasteiger partial charge >= 0.3 is 0 Å². The summed E-state index contributed by atoms with van der Waals surface area (Å²) in [5.41, 5.74) is 2.30. The standard InChI is InChI=1S/C21H19FN4OS2/c1-2-17-23-20-18(13-8-4-6-10-16(13)29-20)19-24-25-21(26(17)19)28-11-15(27)12-7-3-5-9-14(12)22/h3,5,7,9H,2,4,6,8,10-11H2,1H3. The average Bonchev–Trinajstić information content (AvgIpc) is 3.32. The lowest BCUT2D eigenvalue weighted by atomic mass is 9.97. The summed E-state index contributed by atoms with van der Waals surface area (Å²) in [5.74, 6) is 0.235. The number of rotatable bonds is 5. The van der Waals surface area contributed by atoms with Crippen molar-refractivity contribution in [3.05, 3.63) is 51.9 Å². The normalized spacial score (nSPS) is 13.9. The summed E-state index contributed by atoms with van der Waals surface area (Å²) in [4.78, 5) is 19.8. The molecule has 1 aliphatic rings. The topological polar surface area (TPSA) is 60.2 Å². The number of thiophene rings is 1. The number of Topliss-reactive ketones (excluding diaryl/α,β-unsaturated/α-hetero) is 1. The van der Waals surface area contributed by atoms with Crippen molar-refractivity contribution in [2.75, 3.05) is 5.75 Å². The zero-order valence-electron chi connectivity index (χ0n) is 15.9. The summed E-state index contributed by atoms with van der Waals surface area (Å²) in [6, 6.07) is 6.07. The molecule has 1 aromatic carbocycles. The number of benzene rings is 1. The highest BCUT2D eigenvalue weighted by atomic mass is 32.2. The maximum absolute atomic E-state index is 13.9. The number of aromatic nitrogens is 4. The molecule has 1 aliphatic carbocycles. The van der Waals surface area contributed by atoms with E-state index in [0.717, 1.165) is 41.0 Å². The molecule has 3 aromatic heterocycles. The van der Waals surface area contributed by atoms with Gasteiger partial charge in [-0.25, -0.2) is 9.37 Å². The number of carbonyl (C=O) groups is 1. The van der Waals surface area contributed by atoms with Crippen LogP contribution < -0.4 is 0 Å². The van der Waals surface area contributed by atoms with Crippen molar-refractivity contribution in [2.24, 2.45) is 0 Å². The first-order valence-corrected chi connectivity index (χ1v) is 11.6. The molecule has 0 bridgehead atoms. The van der Waals surface area contributed by atoms with Gasteiger partial charge in [0.2, 0.25) is 0 Å². The number of ketones is 1. The van der Waals surface area contributed by atoms with E-state index in [4.69, 9.17) is 4.98 Å². The lowest BCUT2D eigenvalue weighted by molar-refractivity contribution is 0.101. The maximum Gasteiger partial charge on any atom is 0.197 e. The Balaban J connectivity index is 1.55. The summed E-state index contributed by atoms with van der Waals surface area (Å²) in [6.07, 6.45) is 5.31. The zero-order valence-corrected chi connectivity index (χ0v) is 17.6. The first-order chi connectivity index (χ1) is 14.2. The molecule has 5 rings (SSSR count). The van der Waals surface area contributed by atoms with E-state index in [1.165, 1.54) is 47.2 Å². The number of hydrogen-bond donors (Lipinski definition) is 0. The van der Waals surface area contributed by atoms with Crippen molar-refractivity contribution in [1.29, 1.82) is 0 Å². The van der Waals surface area contributed by atoms with Gasteiger partial charge in [0.15, 0.2) is 16.6 Å². The third kappa shape index (κ3) is 3.14. The van der Waals surface area contributed by atoms with Crippen LogP contribution in [0.2, 0.25) is 0 Å². The molecule has 8 heteroatoms. The van der Waals surface area contributed by atoms with Crippen LogP contribution in [-0.2, 0) is 19.3 Å². The second-order valence-electron chi connectivity index (χ2n) is 7.11. The van der Waals surface area contributed by atoms with E-state index in [1.54, 1.807) is 23.5 Å². The van der Waals surface area contributed by atoms with Crippen molar-refractivity contribution in [3.63, 3.8) is 0 Å². The van der Waals surface area contributed by atoms with Gasteiger partial charge in [-0.3, -0.25) is 9.20 Å². The van der Waals surface area contributed by atoms with Gasteiger partial charge in [-0.2, -0.15) is 0 Å². The van der Waals surface area contributed by atoms with E-state index in [2.05, 4.69) is 17.1 Å². The Kier molecular flexibility index (Phi) is 4.83. The molecule has 0 saturated heterocycles. The molecule has 0 unspecified atom stereocenters. The first kappa shape index (κ1) is 18.7. The monoisotopic (exact) mass is 426 g/mol. The van der Waals surface area contributed by atoms with E-state index in [9.17, 15) is 9.18 Å². The van der Waals surface area contributed by atoms with Gasteiger partial charge < -0.3 is 0 Å². The van der Waals surface area contributed by atoms with Gasteiger partial charge in [0.05, 0.1) is 16.7 Å². The molecule has 0 aliphatic heterocycles. The third-order valence-electron chi connectivity index (χ3n) is 5.32. The molecule has 0 amide bonds. The Morgan fingerprint density at radius 2 is 2.07 bits per heavy atom. The number of fused-ring (bicyclic) bond motifs is 5. The van der Waals surface area contributed by atoms with Crippen molar-refractivity contribution < 1.29 is 9.18 Å². The van der Waals surface area contributed by atoms with Gasteiger partial charge in [-0.15, -0.1) is 21.5 Å². The average molecular weight is 427 g/mol. The van der Waals surface area contributed by atoms with Gasteiger partial charge in [-0.1, -0.05) is 30.8 Å². The second kappa shape index (κ2) is 7.50. The lowest BCUT2D eigenvalue weighted by Crippen LogP contribution is -2.07. The third-order valence-corrected chi connectivity index (χ3v) is 7.44. The van der Waals surface area contributed by atoms with Crippen LogP contribution >= 0.6 is 23.1 Å². The Labute approximate surface area is 175 Å². The van der Waals surface area contributed by atoms with Crippen LogP contribution in [0.15, 0.2) is 29.4 Å². The maximum atomic E-state index is 13.9. The molecule has 3 heterocycles. The highest BCUT2D eigenvalue weighted by Crippen LogP contribution is 2.38. The van der Waals surface area contributed by atoms with Crippen molar-refractivity contribution in [3.8, 4) is 0 Å². The molecule has 148 valence electrons. The Morgan fingerprint density at radius 1 is 1.24 bits per heavy atom. The van der Waals surface area contributed by atoms with Crippen LogP contribution in [0, 0.1) is 5.82 Å². The van der Waals surface area contributed by atoms with E-state index >= 15 is 0 Å². The van der Waals surface area contributed by atoms with Crippen LogP contribution in [0.25, 0.3) is 15.9 Å². The van der Waals surface area contributed by atoms with E-state index in [0.29, 0.717) is 5.16 Å². The molecule has 0 saturated carbocycles. The molecule has 29 heavy (non-hydrogen) atoms. The number of halogens is 1. The molecule has 0 N–H and O–H groups in total. The van der Waals surface area contributed by atoms with Crippen LogP contribution in [0.5, 0.6) is 0 Å². The molecule has 0 radical (unpaired) electrons. The quantitative estimate of drug-likeness (QED) is 0.336. The minimum Gasteiger partial charge on any atom is -0.293 e. The highest BCUT2D eigenvalue weighted by Gasteiger charge is 2.23. The van der Waals surface area contributed by atoms with Gasteiger partial charge in [-0.05, 0) is 43.4 Å². The van der Waals surface area contributed by atoms with Gasteiger partial charge in [0, 0.05) is 11.3 Å². The number of thioether (sulfide) groups is 1. The van der Waals surface area contributed by atoms with Crippen LogP contribution in [0.3, 0.4) is 0 Å². The predicted molar refractivity (Wildman–Crippen MR) is 114 cm³/mol. The molecule has 5 nitrogen and oxygen atoms in total. The summed E-state index contributed by atoms with van der Waals surface area (Å²) >= 11 is 3.06. The largest absolute Gasteiger partial charge is 0.293 e. The van der Waals surface area contributed by atoms with E-state index in [1.807, 2.05) is 4.40 Å². The van der Waals surface area contributed by atoms with E-state index in [-0.39, 0.29) is 17.1 Å². The smallest absolute Gasteiger partial charge is 0.197 e. The molecular weight excluding hydrogens is 407 g/mol. The number of carbonyl (C=O) groups excluding carboxylic acids is 1. The van der Waals surface area contributed by atoms with Gasteiger partial charge in [0.25, 0.3) is 0 Å². The number of nitrogens with zero attached hydrogens (tertiary/aromatic N) is 4. The molecule has 4 aromatic rings. The summed E-state index contributed by atoms with van der Waals surface area (Å²) in [6.45, 7) is 2.06. The Morgan fingerprint density at radius 3 is 2.90 bits per heavy atom. The second-order valence-corrected chi connectivity index (χ2v) is 9.13. The molecule has 0 atom stereocenters. The van der Waals surface area contributed by atoms with Crippen LogP contribution in [0.4, 0.5) is 4.39 Å². The molecule has 0 spiro atoms. The van der Waals surface area contributed by atoms with Crippen molar-refractivity contribution >= 4 is 44.7 Å². The summed E-state index contributed by atoms with van der Waals surface area (Å²) in [5, 5.41) is 10.6. The van der Waals surface area contributed by atoms with Crippen molar-refractivity contribution in [2.45, 2.75) is 44.2 Å². The lowest BCUT2D eigenvalue weighted by Gasteiger charge is -2.11. The minimum absolute atomic E-state index is 0.102. The Bertz CT molecular complexity index is 1250. The fourth-order valence-corrected chi connectivity index (χ4v) is 6.03. The first-order valence-electron chi connectivity index (χ1n) is 9.76. The van der Waals surface area contributed by atoms with Crippen LogP contribution in [0.1, 0.15) is 46.4 Å². The van der Waals surface area contributed by atoms with Crippen LogP contribution in [-0.4, -0.2) is 31.1 Å². The fraction of sp³-hybridized carbons (Fsp3) is 0.333. The highest BCUT2D eigenvalue weighted by molar-refractivity contribution is 7.99. The fourth-order valence-electron chi connectivity index (χ4n) is 3.92. The SMILES string of the molecule is CCc1nc2sc3c(c2c2nnc(SCC(=O)c4ccccc4F)n12)CCCC3. The van der Waals surface area contributed by atoms with Crippen molar-refractivity contribution in [1.82, 2.24) is 19.6 Å². The number of hydrogen-bond acceptors (Lipinski definition) is 6. The molecule has 0 fully saturated rings. The Hall–Kier alpha value is -2.32. The van der Waals surface area contributed by atoms with E-state index < -0.39 is 5.82 Å². The molecular formula is C21H19FN4OS2. The predicted octanol–water partition coefficient (Wildman–Crippen LogP) is 4.89. The zero-order chi connectivity index (χ0) is 20.0. The number of aryl methyl sites for hydroxylation is 3. The minimum atomic E-state index is -0.494.